The van der Waals surface area contributed by atoms with Crippen LogP contribution in [0, 0.1) is 5.41 Å². The third kappa shape index (κ3) is 4.11. The fourth-order valence-electron chi connectivity index (χ4n) is 2.66. The van der Waals surface area contributed by atoms with Gasteiger partial charge < -0.3 is 15.0 Å². The van der Waals surface area contributed by atoms with Crippen LogP contribution in [0.25, 0.3) is 0 Å². The number of halogens is 2. The maximum Gasteiger partial charge on any atom is 0.229 e. The zero-order valence-electron chi connectivity index (χ0n) is 12.6. The molecule has 0 spiro atoms. The summed E-state index contributed by atoms with van der Waals surface area (Å²) in [4.78, 5) is 14.4. The van der Waals surface area contributed by atoms with Gasteiger partial charge in [-0.05, 0) is 38.1 Å². The summed E-state index contributed by atoms with van der Waals surface area (Å²) in [5, 5.41) is 3.26. The van der Waals surface area contributed by atoms with Gasteiger partial charge in [-0.1, -0.05) is 15.9 Å². The zero-order valence-corrected chi connectivity index (χ0v) is 15.0. The molecule has 1 aromatic carbocycles. The van der Waals surface area contributed by atoms with E-state index in [1.807, 2.05) is 32.2 Å². The van der Waals surface area contributed by atoms with Crippen molar-refractivity contribution in [2.75, 3.05) is 27.2 Å². The first-order valence-electron chi connectivity index (χ1n) is 6.75. The predicted octanol–water partition coefficient (Wildman–Crippen LogP) is 2.84. The SMILES string of the molecule is COc1ccc(Br)cc1CN(C)C(=O)C1(C)CCNC1.Cl. The average Bonchev–Trinajstić information content (AvgIpc) is 2.86. The van der Waals surface area contributed by atoms with Crippen LogP contribution in [-0.4, -0.2) is 38.1 Å². The Bertz CT molecular complexity index is 504. The van der Waals surface area contributed by atoms with Crippen LogP contribution in [0.4, 0.5) is 0 Å². The van der Waals surface area contributed by atoms with Crippen molar-refractivity contribution < 1.29 is 9.53 Å². The summed E-state index contributed by atoms with van der Waals surface area (Å²) in [5.41, 5.74) is 0.723. The molecule has 1 amide bonds. The molecule has 0 aromatic heterocycles. The highest BCUT2D eigenvalue weighted by Crippen LogP contribution is 2.29. The molecule has 2 rings (SSSR count). The molecule has 6 heteroatoms. The second-order valence-corrected chi connectivity index (χ2v) is 6.52. The predicted molar refractivity (Wildman–Crippen MR) is 90.0 cm³/mol. The lowest BCUT2D eigenvalue weighted by Gasteiger charge is -2.28. The second-order valence-electron chi connectivity index (χ2n) is 5.60. The lowest BCUT2D eigenvalue weighted by atomic mass is 9.88. The van der Waals surface area contributed by atoms with E-state index in [9.17, 15) is 4.79 Å². The summed E-state index contributed by atoms with van der Waals surface area (Å²) in [6.45, 7) is 4.25. The molecule has 1 aromatic rings. The molecule has 1 fully saturated rings. The zero-order chi connectivity index (χ0) is 14.8. The van der Waals surface area contributed by atoms with Crippen LogP contribution in [0.15, 0.2) is 22.7 Å². The molecule has 1 heterocycles. The van der Waals surface area contributed by atoms with E-state index >= 15 is 0 Å². The van der Waals surface area contributed by atoms with Crippen molar-refractivity contribution in [1.29, 1.82) is 0 Å². The first-order chi connectivity index (χ1) is 9.46. The highest BCUT2D eigenvalue weighted by molar-refractivity contribution is 9.10. The van der Waals surface area contributed by atoms with E-state index in [2.05, 4.69) is 21.2 Å². The molecule has 0 saturated carbocycles. The van der Waals surface area contributed by atoms with Gasteiger partial charge in [0, 0.05) is 30.2 Å². The Morgan fingerprint density at radius 2 is 2.24 bits per heavy atom. The number of hydrogen-bond acceptors (Lipinski definition) is 3. The van der Waals surface area contributed by atoms with E-state index in [-0.39, 0.29) is 23.7 Å². The highest BCUT2D eigenvalue weighted by atomic mass is 79.9. The van der Waals surface area contributed by atoms with Crippen LogP contribution in [-0.2, 0) is 11.3 Å². The molecule has 1 N–H and O–H groups in total. The van der Waals surface area contributed by atoms with Crippen molar-refractivity contribution in [2.45, 2.75) is 19.9 Å². The Morgan fingerprint density at radius 1 is 1.52 bits per heavy atom. The van der Waals surface area contributed by atoms with Crippen LogP contribution in [0.1, 0.15) is 18.9 Å². The third-order valence-electron chi connectivity index (χ3n) is 3.88. The first-order valence-corrected chi connectivity index (χ1v) is 7.54. The van der Waals surface area contributed by atoms with Gasteiger partial charge in [0.25, 0.3) is 0 Å². The van der Waals surface area contributed by atoms with Crippen molar-refractivity contribution in [1.82, 2.24) is 10.2 Å². The van der Waals surface area contributed by atoms with Gasteiger partial charge in [0.05, 0.1) is 12.5 Å². The van der Waals surface area contributed by atoms with Gasteiger partial charge in [-0.15, -0.1) is 12.4 Å². The molecule has 1 atom stereocenters. The molecule has 1 aliphatic heterocycles. The number of carbonyl (C=O) groups is 1. The minimum absolute atomic E-state index is 0. The molecule has 0 bridgehead atoms. The maximum atomic E-state index is 12.6. The Balaban J connectivity index is 0.00000220. The normalized spacial score (nSPS) is 20.8. The summed E-state index contributed by atoms with van der Waals surface area (Å²) < 4.78 is 6.35. The van der Waals surface area contributed by atoms with Crippen molar-refractivity contribution in [3.63, 3.8) is 0 Å². The number of nitrogens with one attached hydrogen (secondary N) is 1. The Hall–Kier alpha value is -0.780. The Kier molecular flexibility index (Phi) is 6.50. The lowest BCUT2D eigenvalue weighted by molar-refractivity contribution is -0.139. The smallest absolute Gasteiger partial charge is 0.229 e. The summed E-state index contributed by atoms with van der Waals surface area (Å²) in [6, 6.07) is 5.85. The standard InChI is InChI=1S/C15H21BrN2O2.ClH/c1-15(6-7-17-10-15)14(19)18(2)9-11-8-12(16)4-5-13(11)20-3;/h4-5,8,17H,6-7,9-10H2,1-3H3;1H. The number of carbonyl (C=O) groups excluding carboxylic acids is 1. The van der Waals surface area contributed by atoms with Gasteiger partial charge in [-0.3, -0.25) is 4.79 Å². The molecule has 21 heavy (non-hydrogen) atoms. The van der Waals surface area contributed by atoms with Gasteiger partial charge in [0.1, 0.15) is 5.75 Å². The fraction of sp³-hybridized carbons (Fsp3) is 0.533. The van der Waals surface area contributed by atoms with E-state index in [1.54, 1.807) is 12.0 Å². The lowest BCUT2D eigenvalue weighted by Crippen LogP contribution is -2.41. The van der Waals surface area contributed by atoms with Gasteiger partial charge in [0.2, 0.25) is 5.91 Å². The molecular formula is C15H22BrClN2O2. The van der Waals surface area contributed by atoms with Crippen LogP contribution in [0.2, 0.25) is 0 Å². The van der Waals surface area contributed by atoms with Gasteiger partial charge >= 0.3 is 0 Å². The number of methoxy groups -OCH3 is 1. The molecule has 4 nitrogen and oxygen atoms in total. The molecular weight excluding hydrogens is 356 g/mol. The molecule has 1 unspecified atom stereocenters. The number of hydrogen-bond donors (Lipinski definition) is 1. The van der Waals surface area contributed by atoms with Crippen molar-refractivity contribution in [2.24, 2.45) is 5.41 Å². The summed E-state index contributed by atoms with van der Waals surface area (Å²) in [6.07, 6.45) is 0.895. The Morgan fingerprint density at radius 3 is 2.81 bits per heavy atom. The molecule has 0 radical (unpaired) electrons. The fourth-order valence-corrected chi connectivity index (χ4v) is 3.07. The van der Waals surface area contributed by atoms with Crippen molar-refractivity contribution >= 4 is 34.2 Å². The number of benzene rings is 1. The maximum absolute atomic E-state index is 12.6. The topological polar surface area (TPSA) is 41.6 Å². The Labute approximate surface area is 140 Å². The highest BCUT2D eigenvalue weighted by Gasteiger charge is 2.38. The van der Waals surface area contributed by atoms with E-state index in [1.165, 1.54) is 0 Å². The summed E-state index contributed by atoms with van der Waals surface area (Å²) in [5.74, 6) is 0.993. The van der Waals surface area contributed by atoms with E-state index < -0.39 is 0 Å². The van der Waals surface area contributed by atoms with Crippen LogP contribution in [0.5, 0.6) is 5.75 Å². The third-order valence-corrected chi connectivity index (χ3v) is 4.37. The van der Waals surface area contributed by atoms with Crippen LogP contribution in [0.3, 0.4) is 0 Å². The largest absolute Gasteiger partial charge is 0.496 e. The summed E-state index contributed by atoms with van der Waals surface area (Å²) in [7, 11) is 3.50. The summed E-state index contributed by atoms with van der Waals surface area (Å²) >= 11 is 3.46. The van der Waals surface area contributed by atoms with Crippen LogP contribution >= 0.6 is 28.3 Å². The number of rotatable bonds is 4. The average molecular weight is 378 g/mol. The monoisotopic (exact) mass is 376 g/mol. The van der Waals surface area contributed by atoms with Crippen LogP contribution < -0.4 is 10.1 Å². The molecule has 118 valence electrons. The minimum Gasteiger partial charge on any atom is -0.496 e. The first kappa shape index (κ1) is 18.3. The quantitative estimate of drug-likeness (QED) is 0.877. The number of amides is 1. The number of nitrogens with zero attached hydrogens (tertiary/aromatic N) is 1. The number of ether oxygens (including phenoxy) is 1. The van der Waals surface area contributed by atoms with E-state index in [4.69, 9.17) is 4.74 Å². The molecule has 1 aliphatic rings. The van der Waals surface area contributed by atoms with Crippen molar-refractivity contribution in [3.8, 4) is 5.75 Å². The van der Waals surface area contributed by atoms with Crippen molar-refractivity contribution in [3.05, 3.63) is 28.2 Å². The van der Waals surface area contributed by atoms with Gasteiger partial charge in [-0.2, -0.15) is 0 Å². The minimum atomic E-state index is -0.284. The van der Waals surface area contributed by atoms with E-state index in [0.717, 1.165) is 35.3 Å². The molecule has 0 aliphatic carbocycles. The van der Waals surface area contributed by atoms with Gasteiger partial charge in [0.15, 0.2) is 0 Å². The molecule has 1 saturated heterocycles. The second kappa shape index (κ2) is 7.47. The van der Waals surface area contributed by atoms with E-state index in [0.29, 0.717) is 6.54 Å². The van der Waals surface area contributed by atoms with Gasteiger partial charge in [-0.25, -0.2) is 0 Å².